The Kier molecular flexibility index (Phi) is 7.11. The Balaban J connectivity index is 2.88. The summed E-state index contributed by atoms with van der Waals surface area (Å²) in [7, 11) is -4.67. The number of nitrogens with one attached hydrogen (secondary N) is 1. The minimum atomic E-state index is -4.67. The molecule has 0 spiro atoms. The van der Waals surface area contributed by atoms with Crippen LogP contribution in [-0.4, -0.2) is 73.0 Å². The van der Waals surface area contributed by atoms with Crippen molar-refractivity contribution in [3.8, 4) is 0 Å². The first kappa shape index (κ1) is 21.2. The smallest absolute Gasteiger partial charge is 0.333 e. The van der Waals surface area contributed by atoms with E-state index in [1.54, 1.807) is 32.4 Å². The third-order valence-electron chi connectivity index (χ3n) is 3.33. The summed E-state index contributed by atoms with van der Waals surface area (Å²) in [4.78, 5) is 11.8. The van der Waals surface area contributed by atoms with Crippen molar-refractivity contribution in [3.05, 3.63) is 0 Å². The molecule has 0 aromatic carbocycles. The maximum absolute atomic E-state index is 11.8. The number of aliphatic hydroxyl groups is 2. The summed E-state index contributed by atoms with van der Waals surface area (Å²) >= 11 is 0. The Morgan fingerprint density at radius 1 is 1.29 bits per heavy atom. The van der Waals surface area contributed by atoms with Gasteiger partial charge in [0.25, 0.3) is 0 Å². The second-order valence-electron chi connectivity index (χ2n) is 6.44. The minimum absolute atomic E-state index is 0.102. The quantitative estimate of drug-likeness (QED) is 0.334. The van der Waals surface area contributed by atoms with Gasteiger partial charge in [0, 0.05) is 6.61 Å². The molecule has 24 heavy (non-hydrogen) atoms. The highest BCUT2D eigenvalue weighted by Crippen LogP contribution is 2.24. The van der Waals surface area contributed by atoms with Gasteiger partial charge in [-0.3, -0.25) is 9.35 Å². The monoisotopic (exact) mass is 371 g/mol. The van der Waals surface area contributed by atoms with Gasteiger partial charge in [-0.25, -0.2) is 0 Å². The molecule has 0 bridgehead atoms. The lowest BCUT2D eigenvalue weighted by atomic mass is 9.96. The topological polar surface area (TPSA) is 152 Å². The Morgan fingerprint density at radius 3 is 2.33 bits per heavy atom. The fourth-order valence-electron chi connectivity index (χ4n) is 2.14. The zero-order chi connectivity index (χ0) is 18.7. The molecule has 0 amide bonds. The van der Waals surface area contributed by atoms with E-state index in [1.165, 1.54) is 0 Å². The van der Waals surface area contributed by atoms with Crippen LogP contribution in [0, 0.1) is 5.41 Å². The van der Waals surface area contributed by atoms with Crippen LogP contribution in [0.4, 0.5) is 0 Å². The molecule has 1 heterocycles. The van der Waals surface area contributed by atoms with E-state index in [2.05, 4.69) is 0 Å². The van der Waals surface area contributed by atoms with Gasteiger partial charge in [0.1, 0.15) is 24.9 Å². The van der Waals surface area contributed by atoms with Crippen molar-refractivity contribution >= 4 is 16.3 Å². The number of hydrogen-bond donors (Lipinski definition) is 4. The Hall–Kier alpha value is -0.820. The van der Waals surface area contributed by atoms with Gasteiger partial charge < -0.3 is 24.4 Å². The normalized spacial score (nSPS) is 31.7. The number of aliphatic hydroxyl groups excluding tert-OH is 2. The molecule has 1 aliphatic heterocycles. The third-order valence-corrected chi connectivity index (χ3v) is 3.90. The van der Waals surface area contributed by atoms with Crippen LogP contribution in [0.25, 0.3) is 0 Å². The van der Waals surface area contributed by atoms with E-state index in [0.717, 1.165) is 0 Å². The van der Waals surface area contributed by atoms with Crippen molar-refractivity contribution in [2.75, 3.05) is 13.2 Å². The molecule has 1 rings (SSSR count). The molecule has 11 heteroatoms. The lowest BCUT2D eigenvalue weighted by Gasteiger charge is -2.42. The highest BCUT2D eigenvalue weighted by molar-refractivity contribution is 7.83. The van der Waals surface area contributed by atoms with E-state index >= 15 is 0 Å². The molecule has 142 valence electrons. The second-order valence-corrected chi connectivity index (χ2v) is 7.63. The van der Waals surface area contributed by atoms with Crippen LogP contribution in [0.1, 0.15) is 27.7 Å². The first-order valence-corrected chi connectivity index (χ1v) is 8.86. The van der Waals surface area contributed by atoms with Crippen LogP contribution in [0.3, 0.4) is 0 Å². The molecule has 0 unspecified atom stereocenters. The van der Waals surface area contributed by atoms with Crippen LogP contribution >= 0.6 is 0 Å². The molecule has 1 aliphatic rings. The van der Waals surface area contributed by atoms with Crippen molar-refractivity contribution in [2.24, 2.45) is 5.41 Å². The second kappa shape index (κ2) is 8.04. The van der Waals surface area contributed by atoms with Gasteiger partial charge in [-0.15, -0.1) is 0 Å². The van der Waals surface area contributed by atoms with Crippen molar-refractivity contribution in [1.29, 1.82) is 0 Å². The Labute approximate surface area is 141 Å². The maximum Gasteiger partial charge on any atom is 0.333 e. The van der Waals surface area contributed by atoms with Crippen molar-refractivity contribution in [2.45, 2.75) is 58.3 Å². The number of hydrogen-bond acceptors (Lipinski definition) is 8. The van der Waals surface area contributed by atoms with Gasteiger partial charge in [-0.1, -0.05) is 0 Å². The summed E-state index contributed by atoms with van der Waals surface area (Å²) in [6.45, 7) is 6.20. The molecule has 0 radical (unpaired) electrons. The number of esters is 1. The molecule has 0 aliphatic carbocycles. The average Bonchev–Trinajstić information content (AvgIpc) is 2.42. The van der Waals surface area contributed by atoms with Crippen molar-refractivity contribution < 1.29 is 42.2 Å². The molecule has 1 saturated heterocycles. The van der Waals surface area contributed by atoms with Crippen LogP contribution in [0.15, 0.2) is 0 Å². The molecule has 5 atom stereocenters. The zero-order valence-corrected chi connectivity index (χ0v) is 14.8. The van der Waals surface area contributed by atoms with E-state index in [9.17, 15) is 23.4 Å². The lowest BCUT2D eigenvalue weighted by Crippen LogP contribution is -2.65. The largest absolute Gasteiger partial charge is 0.462 e. The van der Waals surface area contributed by atoms with Gasteiger partial charge in [0.15, 0.2) is 6.29 Å². The summed E-state index contributed by atoms with van der Waals surface area (Å²) in [5.41, 5.74) is -0.780. The standard InChI is InChI=1S/C13H25NO9S/c1-5-21-10-8(14-24(18,19)20)9(15)7(23-11(10)16)6-22-12(17)13(2,3)4/h7-11,14-16H,5-6H2,1-4H3,(H,18,19,20)/t7-,8-,9-,10+,11+/m1/s1. The molecule has 0 aromatic heterocycles. The first-order valence-electron chi connectivity index (χ1n) is 7.42. The summed E-state index contributed by atoms with van der Waals surface area (Å²) < 4.78 is 48.3. The molecule has 4 N–H and O–H groups in total. The molecule has 0 saturated carbocycles. The predicted octanol–water partition coefficient (Wildman–Crippen LogP) is -1.18. The first-order chi connectivity index (χ1) is 10.9. The fraction of sp³-hybridized carbons (Fsp3) is 0.923. The number of ether oxygens (including phenoxy) is 3. The number of rotatable bonds is 6. The van der Waals surface area contributed by atoms with E-state index in [4.69, 9.17) is 18.8 Å². The Morgan fingerprint density at radius 2 is 1.88 bits per heavy atom. The van der Waals surface area contributed by atoms with Crippen LogP contribution in [-0.2, 0) is 29.3 Å². The SMILES string of the molecule is CCO[C@H]1[C@H](NS(=O)(=O)O)[C@H](O)[C@@H](COC(=O)C(C)(C)C)O[C@@H]1O. The highest BCUT2D eigenvalue weighted by atomic mass is 32.2. The highest BCUT2D eigenvalue weighted by Gasteiger charge is 2.47. The maximum atomic E-state index is 11.8. The molecular formula is C13H25NO9S. The van der Waals surface area contributed by atoms with E-state index in [0.29, 0.717) is 0 Å². The predicted molar refractivity (Wildman–Crippen MR) is 81.2 cm³/mol. The van der Waals surface area contributed by atoms with E-state index < -0.39 is 58.9 Å². The van der Waals surface area contributed by atoms with Crippen LogP contribution < -0.4 is 4.72 Å². The summed E-state index contributed by atoms with van der Waals surface area (Å²) in [6.07, 6.45) is -5.57. The van der Waals surface area contributed by atoms with Gasteiger partial charge in [-0.05, 0) is 27.7 Å². The Bertz CT molecular complexity index is 530. The fourth-order valence-corrected chi connectivity index (χ4v) is 2.76. The van der Waals surface area contributed by atoms with E-state index in [1.807, 2.05) is 0 Å². The van der Waals surface area contributed by atoms with Crippen LogP contribution in [0.2, 0.25) is 0 Å². The van der Waals surface area contributed by atoms with Gasteiger partial charge in [-0.2, -0.15) is 13.1 Å². The summed E-state index contributed by atoms with van der Waals surface area (Å²) in [5, 5.41) is 20.2. The van der Waals surface area contributed by atoms with Gasteiger partial charge in [0.05, 0.1) is 11.5 Å². The lowest BCUT2D eigenvalue weighted by molar-refractivity contribution is -0.271. The van der Waals surface area contributed by atoms with Crippen molar-refractivity contribution in [1.82, 2.24) is 4.72 Å². The van der Waals surface area contributed by atoms with Gasteiger partial charge in [0.2, 0.25) is 0 Å². The molecule has 10 nitrogen and oxygen atoms in total. The van der Waals surface area contributed by atoms with E-state index in [-0.39, 0.29) is 6.61 Å². The molecule has 1 fully saturated rings. The summed E-state index contributed by atoms with van der Waals surface area (Å²) in [5.74, 6) is -0.556. The van der Waals surface area contributed by atoms with Crippen LogP contribution in [0.5, 0.6) is 0 Å². The average molecular weight is 371 g/mol. The van der Waals surface area contributed by atoms with Gasteiger partial charge >= 0.3 is 16.3 Å². The molecular weight excluding hydrogens is 346 g/mol. The van der Waals surface area contributed by atoms with Crippen molar-refractivity contribution in [3.63, 3.8) is 0 Å². The number of carbonyl (C=O) groups excluding carboxylic acids is 1. The minimum Gasteiger partial charge on any atom is -0.462 e. The number of carbonyl (C=O) groups is 1. The zero-order valence-electron chi connectivity index (χ0n) is 14.0. The summed E-state index contributed by atoms with van der Waals surface area (Å²) in [6, 6.07) is -1.39. The third kappa shape index (κ3) is 5.92. The molecule has 0 aromatic rings.